The normalized spacial score (nSPS) is 13.4. The lowest BCUT2D eigenvalue weighted by molar-refractivity contribution is -0.146. The Bertz CT molecular complexity index is 419. The molecule has 0 fully saturated rings. The molecule has 5 heteroatoms. The fourth-order valence-electron chi connectivity index (χ4n) is 1.82. The second-order valence-electron chi connectivity index (χ2n) is 4.08. The average molecular weight is 265 g/mol. The van der Waals surface area contributed by atoms with E-state index in [2.05, 4.69) is 4.74 Å². The van der Waals surface area contributed by atoms with Gasteiger partial charge in [0.05, 0.1) is 20.1 Å². The summed E-state index contributed by atoms with van der Waals surface area (Å²) in [5.74, 6) is -1.37. The molecule has 5 nitrogen and oxygen atoms in total. The molecule has 1 aromatic carbocycles. The molecule has 0 radical (unpaired) electrons. The number of esters is 2. The lowest BCUT2D eigenvalue weighted by atomic mass is 9.89. The van der Waals surface area contributed by atoms with Crippen molar-refractivity contribution in [2.24, 2.45) is 5.73 Å². The number of rotatable bonds is 6. The van der Waals surface area contributed by atoms with Gasteiger partial charge in [-0.2, -0.15) is 0 Å². The lowest BCUT2D eigenvalue weighted by Gasteiger charge is -2.21. The standard InChI is InChI=1S/C14H19NO4/c1-3-19-14(17)13(15)11(9-12(16)18-2)10-7-5-4-6-8-10/h4-8,11,13H,3,9,15H2,1-2H3/t11?,13-/m0/s1. The van der Waals surface area contributed by atoms with Crippen molar-refractivity contribution in [3.05, 3.63) is 35.9 Å². The van der Waals surface area contributed by atoms with Crippen LogP contribution in [0.3, 0.4) is 0 Å². The van der Waals surface area contributed by atoms with Crippen molar-refractivity contribution in [2.45, 2.75) is 25.3 Å². The molecular formula is C14H19NO4. The Hall–Kier alpha value is -1.88. The Morgan fingerprint density at radius 3 is 2.42 bits per heavy atom. The van der Waals surface area contributed by atoms with Crippen LogP contribution in [0.25, 0.3) is 0 Å². The van der Waals surface area contributed by atoms with Gasteiger partial charge in [-0.25, -0.2) is 0 Å². The molecule has 19 heavy (non-hydrogen) atoms. The molecule has 1 rings (SSSR count). The SMILES string of the molecule is CCOC(=O)[C@@H](N)C(CC(=O)OC)c1ccccc1. The van der Waals surface area contributed by atoms with Gasteiger partial charge in [-0.1, -0.05) is 30.3 Å². The summed E-state index contributed by atoms with van der Waals surface area (Å²) in [4.78, 5) is 23.2. The minimum absolute atomic E-state index is 0.0422. The third kappa shape index (κ3) is 4.37. The van der Waals surface area contributed by atoms with E-state index in [4.69, 9.17) is 10.5 Å². The van der Waals surface area contributed by atoms with E-state index in [-0.39, 0.29) is 13.0 Å². The van der Waals surface area contributed by atoms with Crippen molar-refractivity contribution in [1.82, 2.24) is 0 Å². The Labute approximate surface area is 112 Å². The Morgan fingerprint density at radius 2 is 1.89 bits per heavy atom. The van der Waals surface area contributed by atoms with E-state index in [9.17, 15) is 9.59 Å². The smallest absolute Gasteiger partial charge is 0.323 e. The van der Waals surface area contributed by atoms with Crippen molar-refractivity contribution in [3.63, 3.8) is 0 Å². The Balaban J connectivity index is 2.92. The molecule has 104 valence electrons. The summed E-state index contributed by atoms with van der Waals surface area (Å²) in [6, 6.07) is 8.28. The maximum atomic E-state index is 11.7. The first-order valence-corrected chi connectivity index (χ1v) is 6.14. The van der Waals surface area contributed by atoms with Crippen LogP contribution in [0.2, 0.25) is 0 Å². The largest absolute Gasteiger partial charge is 0.469 e. The molecule has 1 aromatic rings. The van der Waals surface area contributed by atoms with Gasteiger partial charge in [0.25, 0.3) is 0 Å². The van der Waals surface area contributed by atoms with Crippen LogP contribution in [0.1, 0.15) is 24.8 Å². The summed E-state index contributed by atoms with van der Waals surface area (Å²) in [5.41, 5.74) is 6.71. The summed E-state index contributed by atoms with van der Waals surface area (Å²) in [6.07, 6.45) is 0.0422. The van der Waals surface area contributed by atoms with Crippen molar-refractivity contribution < 1.29 is 19.1 Å². The van der Waals surface area contributed by atoms with Gasteiger partial charge in [-0.15, -0.1) is 0 Å². The lowest BCUT2D eigenvalue weighted by Crippen LogP contribution is -2.39. The van der Waals surface area contributed by atoms with E-state index in [0.717, 1.165) is 5.56 Å². The van der Waals surface area contributed by atoms with E-state index in [1.54, 1.807) is 6.92 Å². The van der Waals surface area contributed by atoms with Gasteiger partial charge in [0, 0.05) is 5.92 Å². The first kappa shape index (κ1) is 15.2. The topological polar surface area (TPSA) is 78.6 Å². The molecule has 0 heterocycles. The first-order valence-electron chi connectivity index (χ1n) is 6.14. The first-order chi connectivity index (χ1) is 9.10. The van der Waals surface area contributed by atoms with Crippen LogP contribution in [0, 0.1) is 0 Å². The maximum Gasteiger partial charge on any atom is 0.323 e. The van der Waals surface area contributed by atoms with Gasteiger partial charge >= 0.3 is 11.9 Å². The van der Waals surface area contributed by atoms with Crippen molar-refractivity contribution >= 4 is 11.9 Å². The number of ether oxygens (including phenoxy) is 2. The zero-order valence-corrected chi connectivity index (χ0v) is 11.2. The second-order valence-corrected chi connectivity index (χ2v) is 4.08. The molecule has 0 aliphatic carbocycles. The molecular weight excluding hydrogens is 246 g/mol. The minimum atomic E-state index is -0.888. The van der Waals surface area contributed by atoms with Gasteiger partial charge in [0.1, 0.15) is 6.04 Å². The van der Waals surface area contributed by atoms with Crippen LogP contribution in [-0.2, 0) is 19.1 Å². The summed E-state index contributed by atoms with van der Waals surface area (Å²) in [7, 11) is 1.31. The number of hydrogen-bond donors (Lipinski definition) is 1. The molecule has 0 aromatic heterocycles. The van der Waals surface area contributed by atoms with Crippen LogP contribution in [-0.4, -0.2) is 31.7 Å². The predicted molar refractivity (Wildman–Crippen MR) is 70.4 cm³/mol. The van der Waals surface area contributed by atoms with Crippen molar-refractivity contribution in [3.8, 4) is 0 Å². The molecule has 2 N–H and O–H groups in total. The molecule has 0 saturated carbocycles. The highest BCUT2D eigenvalue weighted by molar-refractivity contribution is 5.79. The zero-order chi connectivity index (χ0) is 14.3. The van der Waals surface area contributed by atoms with Gasteiger partial charge in [0.2, 0.25) is 0 Å². The van der Waals surface area contributed by atoms with Crippen LogP contribution in [0.4, 0.5) is 0 Å². The fraction of sp³-hybridized carbons (Fsp3) is 0.429. The molecule has 0 bridgehead atoms. The number of carbonyl (C=O) groups is 2. The highest BCUT2D eigenvalue weighted by Gasteiger charge is 2.29. The monoisotopic (exact) mass is 265 g/mol. The highest BCUT2D eigenvalue weighted by atomic mass is 16.5. The molecule has 0 aliphatic heterocycles. The van der Waals surface area contributed by atoms with Gasteiger partial charge in [-0.05, 0) is 12.5 Å². The van der Waals surface area contributed by atoms with Gasteiger partial charge in [0.15, 0.2) is 0 Å². The van der Waals surface area contributed by atoms with E-state index in [1.807, 2.05) is 30.3 Å². The number of methoxy groups -OCH3 is 1. The number of benzene rings is 1. The molecule has 0 aliphatic rings. The van der Waals surface area contributed by atoms with E-state index >= 15 is 0 Å². The predicted octanol–water partition coefficient (Wildman–Crippen LogP) is 1.22. The Kier molecular flexibility index (Phi) is 6.02. The molecule has 0 spiro atoms. The van der Waals surface area contributed by atoms with E-state index < -0.39 is 23.9 Å². The quantitative estimate of drug-likeness (QED) is 0.782. The highest BCUT2D eigenvalue weighted by Crippen LogP contribution is 2.23. The molecule has 0 amide bonds. The summed E-state index contributed by atoms with van der Waals surface area (Å²) in [6.45, 7) is 1.97. The summed E-state index contributed by atoms with van der Waals surface area (Å²) >= 11 is 0. The summed E-state index contributed by atoms with van der Waals surface area (Å²) in [5, 5.41) is 0. The fourth-order valence-corrected chi connectivity index (χ4v) is 1.82. The maximum absolute atomic E-state index is 11.7. The second kappa shape index (κ2) is 7.53. The van der Waals surface area contributed by atoms with Crippen LogP contribution >= 0.6 is 0 Å². The zero-order valence-electron chi connectivity index (χ0n) is 11.2. The van der Waals surface area contributed by atoms with Crippen molar-refractivity contribution in [1.29, 1.82) is 0 Å². The van der Waals surface area contributed by atoms with E-state index in [0.29, 0.717) is 0 Å². The molecule has 0 saturated heterocycles. The average Bonchev–Trinajstić information content (AvgIpc) is 2.44. The third-order valence-electron chi connectivity index (χ3n) is 2.83. The number of nitrogens with two attached hydrogens (primary N) is 1. The van der Waals surface area contributed by atoms with E-state index in [1.165, 1.54) is 7.11 Å². The van der Waals surface area contributed by atoms with Gasteiger partial charge < -0.3 is 15.2 Å². The molecule has 2 atom stereocenters. The number of carbonyl (C=O) groups excluding carboxylic acids is 2. The molecule has 1 unspecified atom stereocenters. The van der Waals surface area contributed by atoms with Crippen LogP contribution in [0.5, 0.6) is 0 Å². The van der Waals surface area contributed by atoms with Gasteiger partial charge in [-0.3, -0.25) is 9.59 Å². The van der Waals surface area contributed by atoms with Crippen LogP contribution in [0.15, 0.2) is 30.3 Å². The third-order valence-corrected chi connectivity index (χ3v) is 2.83. The minimum Gasteiger partial charge on any atom is -0.469 e. The van der Waals surface area contributed by atoms with Crippen LogP contribution < -0.4 is 5.73 Å². The number of hydrogen-bond acceptors (Lipinski definition) is 5. The summed E-state index contributed by atoms with van der Waals surface area (Å²) < 4.78 is 9.55. The van der Waals surface area contributed by atoms with Crippen molar-refractivity contribution in [2.75, 3.05) is 13.7 Å². The Morgan fingerprint density at radius 1 is 1.26 bits per heavy atom.